The van der Waals surface area contributed by atoms with Crippen LogP contribution >= 0.6 is 0 Å². The smallest absolute Gasteiger partial charge is 0.339 e. The van der Waals surface area contributed by atoms with Crippen molar-refractivity contribution in [1.82, 2.24) is 29.5 Å². The topological polar surface area (TPSA) is 108 Å². The van der Waals surface area contributed by atoms with E-state index in [0.717, 1.165) is 18.7 Å². The summed E-state index contributed by atoms with van der Waals surface area (Å²) in [5.41, 5.74) is 0.966. The minimum absolute atomic E-state index is 0.00263. The Labute approximate surface area is 142 Å². The van der Waals surface area contributed by atoms with E-state index in [1.807, 2.05) is 0 Å². The lowest BCUT2D eigenvalue weighted by Gasteiger charge is -2.05. The highest BCUT2D eigenvalue weighted by Crippen LogP contribution is 2.38. The van der Waals surface area contributed by atoms with Gasteiger partial charge in [0, 0.05) is 26.1 Å². The molecule has 0 aliphatic heterocycles. The number of carbonyl (C=O) groups excluding carboxylic acids is 1. The van der Waals surface area contributed by atoms with Crippen LogP contribution in [0.2, 0.25) is 0 Å². The SMILES string of the molecule is Cc1nn(C)c2[nH]c(=O)cc(C(=O)OCc3nc(C4CC4)nn3C)c12. The second-order valence-electron chi connectivity index (χ2n) is 6.34. The summed E-state index contributed by atoms with van der Waals surface area (Å²) in [5, 5.41) is 9.19. The second-order valence-corrected chi connectivity index (χ2v) is 6.34. The normalized spacial score (nSPS) is 14.2. The lowest BCUT2D eigenvalue weighted by molar-refractivity contribution is 0.0460. The van der Waals surface area contributed by atoms with Crippen molar-refractivity contribution in [2.45, 2.75) is 32.3 Å². The fourth-order valence-electron chi connectivity index (χ4n) is 2.93. The van der Waals surface area contributed by atoms with Crippen LogP contribution in [0, 0.1) is 6.92 Å². The van der Waals surface area contributed by atoms with E-state index in [2.05, 4.69) is 20.2 Å². The zero-order chi connectivity index (χ0) is 17.7. The number of hydrogen-bond donors (Lipinski definition) is 1. The number of aryl methyl sites for hydroxylation is 3. The molecule has 0 amide bonds. The molecule has 3 aromatic heterocycles. The lowest BCUT2D eigenvalue weighted by atomic mass is 10.1. The Morgan fingerprint density at radius 1 is 1.32 bits per heavy atom. The van der Waals surface area contributed by atoms with Crippen molar-refractivity contribution >= 4 is 17.0 Å². The van der Waals surface area contributed by atoms with E-state index in [4.69, 9.17) is 4.74 Å². The largest absolute Gasteiger partial charge is 0.454 e. The third kappa shape index (κ3) is 2.71. The molecule has 0 atom stereocenters. The van der Waals surface area contributed by atoms with Crippen LogP contribution in [-0.4, -0.2) is 35.5 Å². The van der Waals surface area contributed by atoms with Gasteiger partial charge in [0.2, 0.25) is 5.56 Å². The molecule has 130 valence electrons. The van der Waals surface area contributed by atoms with Crippen molar-refractivity contribution in [3.8, 4) is 0 Å². The van der Waals surface area contributed by atoms with Crippen LogP contribution in [0.4, 0.5) is 0 Å². The van der Waals surface area contributed by atoms with Crippen LogP contribution < -0.4 is 5.56 Å². The number of H-pyrrole nitrogens is 1. The molecule has 9 heteroatoms. The Balaban J connectivity index is 1.61. The van der Waals surface area contributed by atoms with Gasteiger partial charge in [0.15, 0.2) is 18.3 Å². The molecule has 1 aliphatic carbocycles. The molecule has 0 aromatic carbocycles. The summed E-state index contributed by atoms with van der Waals surface area (Å²) in [7, 11) is 3.48. The number of aromatic amines is 1. The monoisotopic (exact) mass is 342 g/mol. The number of rotatable bonds is 4. The van der Waals surface area contributed by atoms with Gasteiger partial charge >= 0.3 is 5.97 Å². The molecule has 0 bridgehead atoms. The van der Waals surface area contributed by atoms with E-state index in [-0.39, 0.29) is 17.7 Å². The molecule has 0 saturated heterocycles. The summed E-state index contributed by atoms with van der Waals surface area (Å²) in [6.45, 7) is 1.78. The first kappa shape index (κ1) is 15.6. The van der Waals surface area contributed by atoms with Crippen LogP contribution in [0.3, 0.4) is 0 Å². The fourth-order valence-corrected chi connectivity index (χ4v) is 2.93. The first-order chi connectivity index (χ1) is 11.9. The van der Waals surface area contributed by atoms with Crippen molar-refractivity contribution in [2.24, 2.45) is 14.1 Å². The lowest BCUT2D eigenvalue weighted by Crippen LogP contribution is -2.14. The van der Waals surface area contributed by atoms with Crippen molar-refractivity contribution in [2.75, 3.05) is 0 Å². The number of aromatic nitrogens is 6. The van der Waals surface area contributed by atoms with Gasteiger partial charge < -0.3 is 9.72 Å². The van der Waals surface area contributed by atoms with E-state index in [1.54, 1.807) is 25.7 Å². The van der Waals surface area contributed by atoms with Gasteiger partial charge in [-0.3, -0.25) is 9.48 Å². The molecule has 1 aliphatic rings. The average molecular weight is 342 g/mol. The molecule has 3 aromatic rings. The maximum absolute atomic E-state index is 12.5. The van der Waals surface area contributed by atoms with Gasteiger partial charge in [0.1, 0.15) is 5.65 Å². The second kappa shape index (κ2) is 5.54. The summed E-state index contributed by atoms with van der Waals surface area (Å²) in [6, 6.07) is 1.24. The third-order valence-corrected chi connectivity index (χ3v) is 4.37. The summed E-state index contributed by atoms with van der Waals surface area (Å²) >= 11 is 0. The number of nitrogens with one attached hydrogen (secondary N) is 1. The number of hydrogen-bond acceptors (Lipinski definition) is 6. The van der Waals surface area contributed by atoms with Crippen LogP contribution in [0.25, 0.3) is 11.0 Å². The van der Waals surface area contributed by atoms with Crippen molar-refractivity contribution < 1.29 is 9.53 Å². The number of pyridine rings is 1. The van der Waals surface area contributed by atoms with Crippen LogP contribution in [0.5, 0.6) is 0 Å². The molecule has 25 heavy (non-hydrogen) atoms. The Kier molecular flexibility index (Phi) is 3.45. The Morgan fingerprint density at radius 3 is 2.80 bits per heavy atom. The zero-order valence-electron chi connectivity index (χ0n) is 14.2. The van der Waals surface area contributed by atoms with Crippen molar-refractivity contribution in [3.05, 3.63) is 39.3 Å². The van der Waals surface area contributed by atoms with Gasteiger partial charge in [0.05, 0.1) is 16.6 Å². The van der Waals surface area contributed by atoms with Gasteiger partial charge in [-0.1, -0.05) is 0 Å². The van der Waals surface area contributed by atoms with Crippen LogP contribution in [0.1, 0.15) is 46.5 Å². The molecule has 1 fully saturated rings. The molecule has 4 rings (SSSR count). The standard InChI is InChI=1S/C16H18N6O3/c1-8-13-10(6-12(23)18-15(13)22(3)19-8)16(24)25-7-11-17-14(9-4-5-9)20-21(11)2/h6,9H,4-5,7H2,1-3H3,(H,18,23). The fraction of sp³-hybridized carbons (Fsp3) is 0.438. The maximum atomic E-state index is 12.5. The number of carbonyl (C=O) groups is 1. The Morgan fingerprint density at radius 2 is 2.08 bits per heavy atom. The predicted octanol–water partition coefficient (Wildman–Crippen LogP) is 0.933. The van der Waals surface area contributed by atoms with Gasteiger partial charge in [-0.05, 0) is 19.8 Å². The highest BCUT2D eigenvalue weighted by Gasteiger charge is 2.28. The zero-order valence-corrected chi connectivity index (χ0v) is 14.2. The third-order valence-electron chi connectivity index (χ3n) is 4.37. The Bertz CT molecular complexity index is 1040. The molecule has 0 unspecified atom stereocenters. The molecule has 9 nitrogen and oxygen atoms in total. The highest BCUT2D eigenvalue weighted by molar-refractivity contribution is 6.03. The molecule has 3 heterocycles. The molecule has 1 saturated carbocycles. The number of ether oxygens (including phenoxy) is 1. The van der Waals surface area contributed by atoms with Gasteiger partial charge in [-0.15, -0.1) is 0 Å². The molecule has 0 radical (unpaired) electrons. The number of fused-ring (bicyclic) bond motifs is 1. The molecule has 0 spiro atoms. The average Bonchev–Trinajstić information content (AvgIpc) is 3.29. The predicted molar refractivity (Wildman–Crippen MR) is 88.2 cm³/mol. The number of esters is 1. The van der Waals surface area contributed by atoms with E-state index >= 15 is 0 Å². The summed E-state index contributed by atoms with van der Waals surface area (Å²) in [6.07, 6.45) is 2.21. The highest BCUT2D eigenvalue weighted by atomic mass is 16.5. The molecular formula is C16H18N6O3. The minimum atomic E-state index is -0.580. The quantitative estimate of drug-likeness (QED) is 0.707. The van der Waals surface area contributed by atoms with E-state index in [1.165, 1.54) is 10.7 Å². The maximum Gasteiger partial charge on any atom is 0.339 e. The Hall–Kier alpha value is -2.97. The molecule has 1 N–H and O–H groups in total. The first-order valence-corrected chi connectivity index (χ1v) is 8.07. The minimum Gasteiger partial charge on any atom is -0.454 e. The van der Waals surface area contributed by atoms with Gasteiger partial charge in [0.25, 0.3) is 0 Å². The first-order valence-electron chi connectivity index (χ1n) is 8.07. The van der Waals surface area contributed by atoms with Crippen LogP contribution in [-0.2, 0) is 25.4 Å². The number of nitrogens with zero attached hydrogens (tertiary/aromatic N) is 5. The molecular weight excluding hydrogens is 324 g/mol. The van der Waals surface area contributed by atoms with Crippen molar-refractivity contribution in [3.63, 3.8) is 0 Å². The summed E-state index contributed by atoms with van der Waals surface area (Å²) in [4.78, 5) is 31.5. The van der Waals surface area contributed by atoms with Gasteiger partial charge in [-0.25, -0.2) is 14.5 Å². The van der Waals surface area contributed by atoms with E-state index in [0.29, 0.717) is 28.5 Å². The van der Waals surface area contributed by atoms with E-state index < -0.39 is 5.97 Å². The van der Waals surface area contributed by atoms with Crippen LogP contribution in [0.15, 0.2) is 10.9 Å². The van der Waals surface area contributed by atoms with Crippen molar-refractivity contribution in [1.29, 1.82) is 0 Å². The summed E-state index contributed by atoms with van der Waals surface area (Å²) in [5.74, 6) is 1.23. The van der Waals surface area contributed by atoms with E-state index in [9.17, 15) is 9.59 Å². The van der Waals surface area contributed by atoms with Gasteiger partial charge in [-0.2, -0.15) is 10.2 Å². The summed E-state index contributed by atoms with van der Waals surface area (Å²) < 4.78 is 8.55.